The Morgan fingerprint density at radius 1 is 1.44 bits per heavy atom. The van der Waals surface area contributed by atoms with Gasteiger partial charge in [-0.05, 0) is 12.1 Å². The molecule has 2 amide bonds. The summed E-state index contributed by atoms with van der Waals surface area (Å²) in [5.41, 5.74) is 0. The summed E-state index contributed by atoms with van der Waals surface area (Å²) in [7, 11) is 3.34. The van der Waals surface area contributed by atoms with Gasteiger partial charge in [0.05, 0.1) is 6.20 Å². The van der Waals surface area contributed by atoms with Crippen molar-refractivity contribution in [2.24, 2.45) is 0 Å². The van der Waals surface area contributed by atoms with Crippen LogP contribution >= 0.6 is 0 Å². The Labute approximate surface area is 93.7 Å². The first kappa shape index (κ1) is 12.2. The van der Waals surface area contributed by atoms with Gasteiger partial charge >= 0.3 is 6.03 Å². The molecule has 0 saturated carbocycles. The molecule has 16 heavy (non-hydrogen) atoms. The van der Waals surface area contributed by atoms with Crippen LogP contribution in [0.5, 0.6) is 0 Å². The molecule has 0 aliphatic heterocycles. The standard InChI is InChI=1S/C10H15FN4O/c1-15(2)10(16)13-6-5-12-9-4-3-8(11)7-14-9/h3-4,7H,5-6H2,1-2H3,(H,12,14)(H,13,16). The van der Waals surface area contributed by atoms with Crippen LogP contribution < -0.4 is 10.6 Å². The number of aromatic nitrogens is 1. The van der Waals surface area contributed by atoms with Crippen LogP contribution in [-0.2, 0) is 0 Å². The highest BCUT2D eigenvalue weighted by molar-refractivity contribution is 5.73. The second kappa shape index (κ2) is 5.89. The number of urea groups is 1. The molecule has 0 bridgehead atoms. The van der Waals surface area contributed by atoms with Gasteiger partial charge in [0.25, 0.3) is 0 Å². The van der Waals surface area contributed by atoms with Gasteiger partial charge in [-0.3, -0.25) is 0 Å². The Kier molecular flexibility index (Phi) is 4.50. The highest BCUT2D eigenvalue weighted by Gasteiger charge is 2.00. The number of rotatable bonds is 4. The average molecular weight is 226 g/mol. The van der Waals surface area contributed by atoms with E-state index in [0.717, 1.165) is 6.20 Å². The van der Waals surface area contributed by atoms with Gasteiger partial charge in [0.1, 0.15) is 11.6 Å². The lowest BCUT2D eigenvalue weighted by Crippen LogP contribution is -2.37. The minimum absolute atomic E-state index is 0.145. The third kappa shape index (κ3) is 4.12. The number of nitrogens with zero attached hydrogens (tertiary/aromatic N) is 2. The second-order valence-corrected chi connectivity index (χ2v) is 3.41. The van der Waals surface area contributed by atoms with Crippen molar-refractivity contribution in [3.05, 3.63) is 24.1 Å². The molecule has 0 atom stereocenters. The zero-order chi connectivity index (χ0) is 12.0. The number of halogens is 1. The van der Waals surface area contributed by atoms with E-state index in [2.05, 4.69) is 15.6 Å². The van der Waals surface area contributed by atoms with E-state index in [-0.39, 0.29) is 11.8 Å². The molecule has 6 heteroatoms. The molecule has 0 unspecified atom stereocenters. The monoisotopic (exact) mass is 226 g/mol. The van der Waals surface area contributed by atoms with Gasteiger partial charge in [0, 0.05) is 27.2 Å². The number of hydrogen-bond donors (Lipinski definition) is 2. The zero-order valence-electron chi connectivity index (χ0n) is 9.33. The minimum atomic E-state index is -0.369. The maximum absolute atomic E-state index is 12.5. The summed E-state index contributed by atoms with van der Waals surface area (Å²) in [6.07, 6.45) is 1.14. The fraction of sp³-hybridized carbons (Fsp3) is 0.400. The normalized spacial score (nSPS) is 9.69. The van der Waals surface area contributed by atoms with Crippen molar-refractivity contribution >= 4 is 11.8 Å². The van der Waals surface area contributed by atoms with Crippen molar-refractivity contribution in [2.45, 2.75) is 0 Å². The largest absolute Gasteiger partial charge is 0.368 e. The van der Waals surface area contributed by atoms with Gasteiger partial charge in [-0.25, -0.2) is 14.2 Å². The maximum atomic E-state index is 12.5. The molecule has 2 N–H and O–H groups in total. The number of hydrogen-bond acceptors (Lipinski definition) is 3. The summed E-state index contributed by atoms with van der Waals surface area (Å²) in [6, 6.07) is 2.73. The second-order valence-electron chi connectivity index (χ2n) is 3.41. The number of nitrogens with one attached hydrogen (secondary N) is 2. The fourth-order valence-electron chi connectivity index (χ4n) is 0.999. The Morgan fingerprint density at radius 3 is 2.75 bits per heavy atom. The first-order valence-electron chi connectivity index (χ1n) is 4.90. The molecule has 0 aliphatic rings. The summed E-state index contributed by atoms with van der Waals surface area (Å²) in [5.74, 6) is 0.215. The van der Waals surface area contributed by atoms with Crippen LogP contribution in [0.3, 0.4) is 0 Å². The fourth-order valence-corrected chi connectivity index (χ4v) is 0.999. The molecule has 0 aromatic carbocycles. The van der Waals surface area contributed by atoms with Crippen LogP contribution in [-0.4, -0.2) is 43.1 Å². The molecule has 0 spiro atoms. The lowest BCUT2D eigenvalue weighted by molar-refractivity contribution is 0.218. The molecular weight excluding hydrogens is 211 g/mol. The molecule has 1 rings (SSSR count). The number of pyridine rings is 1. The molecule has 88 valence electrons. The number of carbonyl (C=O) groups is 1. The van der Waals surface area contributed by atoms with Crippen LogP contribution in [0.4, 0.5) is 15.0 Å². The van der Waals surface area contributed by atoms with E-state index >= 15 is 0 Å². The third-order valence-corrected chi connectivity index (χ3v) is 1.84. The maximum Gasteiger partial charge on any atom is 0.316 e. The van der Waals surface area contributed by atoms with Crippen molar-refractivity contribution < 1.29 is 9.18 Å². The van der Waals surface area contributed by atoms with Crippen molar-refractivity contribution in [1.29, 1.82) is 0 Å². The van der Waals surface area contributed by atoms with E-state index < -0.39 is 0 Å². The summed E-state index contributed by atoms with van der Waals surface area (Å²) >= 11 is 0. The Morgan fingerprint density at radius 2 is 2.19 bits per heavy atom. The van der Waals surface area contributed by atoms with Crippen molar-refractivity contribution in [2.75, 3.05) is 32.5 Å². The van der Waals surface area contributed by atoms with Gasteiger partial charge in [0.15, 0.2) is 0 Å². The predicted octanol–water partition coefficient (Wildman–Crippen LogP) is 0.904. The molecule has 0 fully saturated rings. The van der Waals surface area contributed by atoms with Crippen LogP contribution in [0.25, 0.3) is 0 Å². The van der Waals surface area contributed by atoms with Crippen LogP contribution in [0.1, 0.15) is 0 Å². The smallest absolute Gasteiger partial charge is 0.316 e. The lowest BCUT2D eigenvalue weighted by Gasteiger charge is -2.12. The van der Waals surface area contributed by atoms with Crippen LogP contribution in [0.2, 0.25) is 0 Å². The first-order chi connectivity index (χ1) is 7.59. The molecule has 1 aromatic heterocycles. The summed E-state index contributed by atoms with van der Waals surface area (Å²) in [5, 5.41) is 5.64. The minimum Gasteiger partial charge on any atom is -0.368 e. The Bertz CT molecular complexity index is 339. The highest BCUT2D eigenvalue weighted by atomic mass is 19.1. The highest BCUT2D eigenvalue weighted by Crippen LogP contribution is 2.02. The summed E-state index contributed by atoms with van der Waals surface area (Å²) < 4.78 is 12.5. The number of anilines is 1. The Balaban J connectivity index is 2.21. The van der Waals surface area contributed by atoms with E-state index in [9.17, 15) is 9.18 Å². The molecular formula is C10H15FN4O. The van der Waals surface area contributed by atoms with E-state index in [1.165, 1.54) is 11.0 Å². The third-order valence-electron chi connectivity index (χ3n) is 1.84. The van der Waals surface area contributed by atoms with E-state index in [0.29, 0.717) is 18.9 Å². The average Bonchev–Trinajstić information content (AvgIpc) is 2.26. The van der Waals surface area contributed by atoms with Crippen molar-refractivity contribution in [1.82, 2.24) is 15.2 Å². The molecule has 5 nitrogen and oxygen atoms in total. The zero-order valence-corrected chi connectivity index (χ0v) is 9.33. The molecule has 0 saturated heterocycles. The predicted molar refractivity (Wildman–Crippen MR) is 59.8 cm³/mol. The molecule has 0 radical (unpaired) electrons. The van der Waals surface area contributed by atoms with Gasteiger partial charge < -0.3 is 15.5 Å². The van der Waals surface area contributed by atoms with E-state index in [1.54, 1.807) is 20.2 Å². The van der Waals surface area contributed by atoms with E-state index in [4.69, 9.17) is 0 Å². The van der Waals surface area contributed by atoms with Crippen LogP contribution in [0, 0.1) is 5.82 Å². The van der Waals surface area contributed by atoms with Gasteiger partial charge in [-0.15, -0.1) is 0 Å². The summed E-state index contributed by atoms with van der Waals surface area (Å²) in [4.78, 5) is 16.4. The summed E-state index contributed by atoms with van der Waals surface area (Å²) in [6.45, 7) is 1.02. The first-order valence-corrected chi connectivity index (χ1v) is 4.90. The quantitative estimate of drug-likeness (QED) is 0.750. The number of carbonyl (C=O) groups excluding carboxylic acids is 1. The molecule has 1 heterocycles. The Hall–Kier alpha value is -1.85. The van der Waals surface area contributed by atoms with E-state index in [1.807, 2.05) is 0 Å². The van der Waals surface area contributed by atoms with Crippen molar-refractivity contribution in [3.8, 4) is 0 Å². The SMILES string of the molecule is CN(C)C(=O)NCCNc1ccc(F)cn1. The number of amides is 2. The van der Waals surface area contributed by atoms with Crippen LogP contribution in [0.15, 0.2) is 18.3 Å². The van der Waals surface area contributed by atoms with Gasteiger partial charge in [0.2, 0.25) is 0 Å². The van der Waals surface area contributed by atoms with Crippen molar-refractivity contribution in [3.63, 3.8) is 0 Å². The lowest BCUT2D eigenvalue weighted by atomic mass is 10.4. The topological polar surface area (TPSA) is 57.3 Å². The van der Waals surface area contributed by atoms with Gasteiger partial charge in [-0.2, -0.15) is 0 Å². The van der Waals surface area contributed by atoms with Gasteiger partial charge in [-0.1, -0.05) is 0 Å². The molecule has 0 aliphatic carbocycles. The molecule has 1 aromatic rings.